The third kappa shape index (κ3) is 5.96. The molecule has 0 aliphatic carbocycles. The first kappa shape index (κ1) is 24.0. The van der Waals surface area contributed by atoms with Crippen LogP contribution in [0.1, 0.15) is 54.9 Å². The quantitative estimate of drug-likeness (QED) is 0.510. The molecule has 174 valence electrons. The molecule has 7 heteroatoms. The lowest BCUT2D eigenvalue weighted by atomic mass is 10.00. The Hall–Kier alpha value is -2.70. The van der Waals surface area contributed by atoms with E-state index < -0.39 is 11.7 Å². The number of amides is 2. The van der Waals surface area contributed by atoms with E-state index in [9.17, 15) is 23.1 Å². The maximum Gasteiger partial charge on any atom is 0.416 e. The van der Waals surface area contributed by atoms with Gasteiger partial charge in [-0.25, -0.2) is 4.79 Å². The first-order chi connectivity index (χ1) is 15.2. The van der Waals surface area contributed by atoms with Crippen molar-refractivity contribution < 1.29 is 23.1 Å². The van der Waals surface area contributed by atoms with Gasteiger partial charge in [-0.05, 0) is 67.0 Å². The van der Waals surface area contributed by atoms with Crippen LogP contribution in [0.2, 0.25) is 0 Å². The zero-order valence-electron chi connectivity index (χ0n) is 18.7. The summed E-state index contributed by atoms with van der Waals surface area (Å²) in [5, 5.41) is 10.0. The third-order valence-corrected chi connectivity index (χ3v) is 6.15. The van der Waals surface area contributed by atoms with Crippen molar-refractivity contribution in [2.75, 3.05) is 13.6 Å². The van der Waals surface area contributed by atoms with Crippen LogP contribution in [0.5, 0.6) is 5.75 Å². The Kier molecular flexibility index (Phi) is 7.69. The summed E-state index contributed by atoms with van der Waals surface area (Å²) in [6, 6.07) is 10.8. The highest BCUT2D eigenvalue weighted by molar-refractivity contribution is 5.76. The lowest BCUT2D eigenvalue weighted by Gasteiger charge is -2.17. The van der Waals surface area contributed by atoms with Crippen LogP contribution >= 0.6 is 0 Å². The molecule has 2 aromatic rings. The number of carbonyl (C=O) groups excluding carboxylic acids is 1. The monoisotopic (exact) mass is 448 g/mol. The molecule has 2 amide bonds. The molecule has 0 bridgehead atoms. The third-order valence-electron chi connectivity index (χ3n) is 6.15. The van der Waals surface area contributed by atoms with Crippen LogP contribution < -0.4 is 0 Å². The Morgan fingerprint density at radius 2 is 1.72 bits per heavy atom. The fourth-order valence-electron chi connectivity index (χ4n) is 4.17. The number of unbranched alkanes of at least 4 members (excludes halogenated alkanes) is 1. The lowest BCUT2D eigenvalue weighted by molar-refractivity contribution is -0.137. The van der Waals surface area contributed by atoms with Crippen LogP contribution in [0.4, 0.5) is 18.0 Å². The summed E-state index contributed by atoms with van der Waals surface area (Å²) >= 11 is 0. The Balaban J connectivity index is 1.53. The second-order valence-corrected chi connectivity index (χ2v) is 8.58. The molecule has 1 aliphatic rings. The SMILES string of the molecule is CCCCc1cc(CCCC2CN(Cc3ccc(C(F)(F)F)cc3)C(=O)N2C)ccc1O. The molecule has 0 radical (unpaired) electrons. The summed E-state index contributed by atoms with van der Waals surface area (Å²) in [5.74, 6) is 0.349. The van der Waals surface area contributed by atoms with Crippen molar-refractivity contribution in [2.24, 2.45) is 0 Å². The Morgan fingerprint density at radius 1 is 1.03 bits per heavy atom. The van der Waals surface area contributed by atoms with Gasteiger partial charge in [0.1, 0.15) is 5.75 Å². The first-order valence-corrected chi connectivity index (χ1v) is 11.2. The molecule has 1 unspecified atom stereocenters. The van der Waals surface area contributed by atoms with Gasteiger partial charge in [-0.1, -0.05) is 37.6 Å². The van der Waals surface area contributed by atoms with Crippen LogP contribution in [0, 0.1) is 0 Å². The summed E-state index contributed by atoms with van der Waals surface area (Å²) in [5.41, 5.74) is 2.17. The zero-order chi connectivity index (χ0) is 23.3. The van der Waals surface area contributed by atoms with Gasteiger partial charge < -0.3 is 14.9 Å². The largest absolute Gasteiger partial charge is 0.508 e. The number of carbonyl (C=O) groups is 1. The average molecular weight is 449 g/mol. The number of hydrogen-bond donors (Lipinski definition) is 1. The van der Waals surface area contributed by atoms with Crippen molar-refractivity contribution in [3.05, 3.63) is 64.7 Å². The fourth-order valence-corrected chi connectivity index (χ4v) is 4.17. The molecule has 1 N–H and O–H groups in total. The number of nitrogens with zero attached hydrogens (tertiary/aromatic N) is 2. The lowest BCUT2D eigenvalue weighted by Crippen LogP contribution is -2.31. The number of halogens is 3. The number of phenolic OH excluding ortho intramolecular Hbond substituents is 1. The highest BCUT2D eigenvalue weighted by Gasteiger charge is 2.34. The molecule has 0 saturated carbocycles. The molecular formula is C25H31F3N2O2. The molecule has 1 saturated heterocycles. The molecular weight excluding hydrogens is 417 g/mol. The molecule has 2 aromatic carbocycles. The van der Waals surface area contributed by atoms with E-state index in [0.717, 1.165) is 56.2 Å². The molecule has 1 heterocycles. The van der Waals surface area contributed by atoms with Crippen molar-refractivity contribution in [3.63, 3.8) is 0 Å². The Morgan fingerprint density at radius 3 is 2.38 bits per heavy atom. The van der Waals surface area contributed by atoms with Crippen molar-refractivity contribution in [1.29, 1.82) is 0 Å². The summed E-state index contributed by atoms with van der Waals surface area (Å²) in [6.07, 6.45) is 1.26. The van der Waals surface area contributed by atoms with E-state index in [-0.39, 0.29) is 12.1 Å². The van der Waals surface area contributed by atoms with Gasteiger partial charge in [-0.3, -0.25) is 0 Å². The van der Waals surface area contributed by atoms with Crippen LogP contribution in [-0.4, -0.2) is 40.6 Å². The highest BCUT2D eigenvalue weighted by atomic mass is 19.4. The second-order valence-electron chi connectivity index (χ2n) is 8.58. The van der Waals surface area contributed by atoms with Crippen molar-refractivity contribution in [3.8, 4) is 5.75 Å². The van der Waals surface area contributed by atoms with Gasteiger partial charge >= 0.3 is 12.2 Å². The standard InChI is InChI=1S/C25H31F3N2O2/c1-3-4-7-20-15-18(11-14-23(20)31)6-5-8-22-17-30(24(32)29(22)2)16-19-9-12-21(13-10-19)25(26,27)28/h9-15,22,31H,3-8,16-17H2,1-2H3. The number of rotatable bonds is 9. The van der Waals surface area contributed by atoms with E-state index in [4.69, 9.17) is 0 Å². The van der Waals surface area contributed by atoms with Crippen molar-refractivity contribution >= 4 is 6.03 Å². The van der Waals surface area contributed by atoms with E-state index in [2.05, 4.69) is 13.0 Å². The van der Waals surface area contributed by atoms with Gasteiger partial charge in [-0.2, -0.15) is 13.2 Å². The van der Waals surface area contributed by atoms with Gasteiger partial charge in [0, 0.05) is 20.1 Å². The fraction of sp³-hybridized carbons (Fsp3) is 0.480. The van der Waals surface area contributed by atoms with Gasteiger partial charge in [0.25, 0.3) is 0 Å². The molecule has 4 nitrogen and oxygen atoms in total. The first-order valence-electron chi connectivity index (χ1n) is 11.2. The average Bonchev–Trinajstić information content (AvgIpc) is 3.01. The summed E-state index contributed by atoms with van der Waals surface area (Å²) < 4.78 is 38.2. The number of aryl methyl sites for hydroxylation is 2. The number of benzene rings is 2. The zero-order valence-corrected chi connectivity index (χ0v) is 18.7. The smallest absolute Gasteiger partial charge is 0.416 e. The topological polar surface area (TPSA) is 43.8 Å². The molecule has 0 aromatic heterocycles. The van der Waals surface area contributed by atoms with Gasteiger partial charge in [0.15, 0.2) is 0 Å². The number of alkyl halides is 3. The number of aromatic hydroxyl groups is 1. The Bertz CT molecular complexity index is 912. The van der Waals surface area contributed by atoms with E-state index in [1.165, 1.54) is 17.7 Å². The van der Waals surface area contributed by atoms with Crippen LogP contribution in [0.3, 0.4) is 0 Å². The highest BCUT2D eigenvalue weighted by Crippen LogP contribution is 2.30. The predicted molar refractivity (Wildman–Crippen MR) is 118 cm³/mol. The van der Waals surface area contributed by atoms with Gasteiger partial charge in [0.2, 0.25) is 0 Å². The van der Waals surface area contributed by atoms with Gasteiger partial charge in [0.05, 0.1) is 11.6 Å². The Labute approximate surface area is 187 Å². The van der Waals surface area contributed by atoms with E-state index in [1.54, 1.807) is 22.9 Å². The maximum atomic E-state index is 12.7. The van der Waals surface area contributed by atoms with E-state index in [1.807, 2.05) is 6.07 Å². The minimum atomic E-state index is -4.36. The minimum Gasteiger partial charge on any atom is -0.508 e. The molecule has 32 heavy (non-hydrogen) atoms. The summed E-state index contributed by atoms with van der Waals surface area (Å²) in [7, 11) is 1.78. The van der Waals surface area contributed by atoms with E-state index >= 15 is 0 Å². The summed E-state index contributed by atoms with van der Waals surface area (Å²) in [6.45, 7) is 2.99. The number of likely N-dealkylation sites (N-methyl/N-ethyl adjacent to an activating group) is 1. The van der Waals surface area contributed by atoms with E-state index in [0.29, 0.717) is 24.4 Å². The maximum absolute atomic E-state index is 12.7. The molecule has 0 spiro atoms. The number of urea groups is 1. The summed E-state index contributed by atoms with van der Waals surface area (Å²) in [4.78, 5) is 16.0. The molecule has 1 aliphatic heterocycles. The predicted octanol–water partition coefficient (Wildman–Crippen LogP) is 6.01. The number of hydrogen-bond acceptors (Lipinski definition) is 2. The molecule has 1 atom stereocenters. The number of phenols is 1. The van der Waals surface area contributed by atoms with Crippen LogP contribution in [-0.2, 0) is 25.6 Å². The normalized spacial score (nSPS) is 16.8. The second kappa shape index (κ2) is 10.3. The van der Waals surface area contributed by atoms with Crippen LogP contribution in [0.25, 0.3) is 0 Å². The van der Waals surface area contributed by atoms with Gasteiger partial charge in [-0.15, -0.1) is 0 Å². The van der Waals surface area contributed by atoms with Crippen molar-refractivity contribution in [2.45, 2.75) is 64.2 Å². The molecule has 3 rings (SSSR count). The molecule has 1 fully saturated rings. The van der Waals surface area contributed by atoms with Crippen LogP contribution in [0.15, 0.2) is 42.5 Å². The van der Waals surface area contributed by atoms with Crippen molar-refractivity contribution in [1.82, 2.24) is 9.80 Å². The minimum absolute atomic E-state index is 0.0774.